The fourth-order valence-electron chi connectivity index (χ4n) is 2.49. The van der Waals surface area contributed by atoms with E-state index in [1.54, 1.807) is 31.2 Å². The molecule has 2 heterocycles. The number of hydrogen-bond acceptors (Lipinski definition) is 3. The van der Waals surface area contributed by atoms with Gasteiger partial charge in [-0.05, 0) is 24.6 Å². The molecule has 0 spiro atoms. The average Bonchev–Trinajstić information content (AvgIpc) is 2.87. The molecule has 0 atom stereocenters. The molecule has 3 rings (SSSR count). The first-order valence-electron chi connectivity index (χ1n) is 6.81. The second kappa shape index (κ2) is 5.33. The fraction of sp³-hybridized carbons (Fsp3) is 0.267. The van der Waals surface area contributed by atoms with Gasteiger partial charge in [-0.15, -0.1) is 0 Å². The number of nitrogens with zero attached hydrogens (tertiary/aromatic N) is 2. The summed E-state index contributed by atoms with van der Waals surface area (Å²) in [4.78, 5) is 24.2. The van der Waals surface area contributed by atoms with Crippen LogP contribution in [0.15, 0.2) is 24.3 Å². The van der Waals surface area contributed by atoms with E-state index in [0.29, 0.717) is 41.5 Å². The molecule has 1 aromatic heterocycles. The summed E-state index contributed by atoms with van der Waals surface area (Å²) in [5.41, 5.74) is 2.22. The molecule has 2 aromatic rings. The third kappa shape index (κ3) is 2.34. The summed E-state index contributed by atoms with van der Waals surface area (Å²) in [5, 5.41) is 7.71. The van der Waals surface area contributed by atoms with Gasteiger partial charge in [0.1, 0.15) is 11.4 Å². The Kier molecular flexibility index (Phi) is 3.51. The van der Waals surface area contributed by atoms with Crippen LogP contribution in [0.3, 0.4) is 0 Å². The lowest BCUT2D eigenvalue weighted by molar-refractivity contribution is 0.0938. The van der Waals surface area contributed by atoms with Crippen LogP contribution in [-0.2, 0) is 6.42 Å². The standard InChI is InChI=1S/C15H14ClN3O2/c1-2-12(20)13-11-6-7-17-15(21)14(11)19(18-13)10-5-3-4-9(16)8-10/h3-5,8H,2,6-7H2,1H3,(H,17,21). The van der Waals surface area contributed by atoms with E-state index in [9.17, 15) is 9.59 Å². The summed E-state index contributed by atoms with van der Waals surface area (Å²) in [6, 6.07) is 7.06. The topological polar surface area (TPSA) is 64.0 Å². The molecule has 0 aliphatic carbocycles. The molecule has 0 saturated heterocycles. The summed E-state index contributed by atoms with van der Waals surface area (Å²) < 4.78 is 1.51. The van der Waals surface area contributed by atoms with Crippen molar-refractivity contribution in [3.8, 4) is 5.69 Å². The average molecular weight is 304 g/mol. The summed E-state index contributed by atoms with van der Waals surface area (Å²) >= 11 is 6.00. The van der Waals surface area contributed by atoms with Gasteiger partial charge < -0.3 is 5.32 Å². The van der Waals surface area contributed by atoms with Gasteiger partial charge in [0.2, 0.25) is 0 Å². The summed E-state index contributed by atoms with van der Waals surface area (Å²) in [7, 11) is 0. The van der Waals surface area contributed by atoms with Crippen LogP contribution in [0.1, 0.15) is 39.9 Å². The minimum Gasteiger partial charge on any atom is -0.350 e. The number of amides is 1. The van der Waals surface area contributed by atoms with Crippen LogP contribution < -0.4 is 5.32 Å². The number of fused-ring (bicyclic) bond motifs is 1. The third-order valence-electron chi connectivity index (χ3n) is 3.50. The van der Waals surface area contributed by atoms with E-state index >= 15 is 0 Å². The van der Waals surface area contributed by atoms with Crippen molar-refractivity contribution >= 4 is 23.3 Å². The number of nitrogens with one attached hydrogen (secondary N) is 1. The molecule has 0 radical (unpaired) electrons. The lowest BCUT2D eigenvalue weighted by Gasteiger charge is -2.15. The van der Waals surface area contributed by atoms with Crippen molar-refractivity contribution in [1.29, 1.82) is 0 Å². The monoisotopic (exact) mass is 303 g/mol. The van der Waals surface area contributed by atoms with Crippen molar-refractivity contribution in [2.45, 2.75) is 19.8 Å². The molecule has 0 saturated carbocycles. The quantitative estimate of drug-likeness (QED) is 0.886. The molecule has 0 unspecified atom stereocenters. The number of ketones is 1. The summed E-state index contributed by atoms with van der Waals surface area (Å²) in [6.45, 7) is 2.31. The number of aromatic nitrogens is 2. The number of rotatable bonds is 3. The normalized spacial score (nSPS) is 13.7. The van der Waals surface area contributed by atoms with Crippen LogP contribution in [0.2, 0.25) is 5.02 Å². The molecule has 108 valence electrons. The van der Waals surface area contributed by atoms with E-state index in [1.807, 2.05) is 0 Å². The molecule has 1 amide bonds. The molecule has 0 bridgehead atoms. The van der Waals surface area contributed by atoms with Gasteiger partial charge in [-0.1, -0.05) is 24.6 Å². The predicted octanol–water partition coefficient (Wildman–Crippen LogP) is 2.40. The van der Waals surface area contributed by atoms with Crippen LogP contribution in [0, 0.1) is 0 Å². The van der Waals surface area contributed by atoms with Crippen molar-refractivity contribution in [3.05, 3.63) is 46.2 Å². The summed E-state index contributed by atoms with van der Waals surface area (Å²) in [5.74, 6) is -0.263. The second-order valence-electron chi connectivity index (χ2n) is 4.85. The Morgan fingerprint density at radius 3 is 3.00 bits per heavy atom. The molecule has 0 fully saturated rings. The van der Waals surface area contributed by atoms with Gasteiger partial charge in [0.25, 0.3) is 5.91 Å². The Balaban J connectivity index is 2.23. The molecular formula is C15H14ClN3O2. The van der Waals surface area contributed by atoms with Crippen molar-refractivity contribution in [1.82, 2.24) is 15.1 Å². The summed E-state index contributed by atoms with van der Waals surface area (Å²) in [6.07, 6.45) is 0.976. The number of carbonyl (C=O) groups is 2. The maximum Gasteiger partial charge on any atom is 0.270 e. The van der Waals surface area contributed by atoms with Crippen LogP contribution in [-0.4, -0.2) is 28.0 Å². The van der Waals surface area contributed by atoms with Gasteiger partial charge in [-0.3, -0.25) is 9.59 Å². The maximum atomic E-state index is 12.2. The first-order chi connectivity index (χ1) is 10.1. The lowest BCUT2D eigenvalue weighted by atomic mass is 10.0. The van der Waals surface area contributed by atoms with Crippen molar-refractivity contribution < 1.29 is 9.59 Å². The predicted molar refractivity (Wildman–Crippen MR) is 79.2 cm³/mol. The minimum absolute atomic E-state index is 0.0540. The van der Waals surface area contributed by atoms with Crippen molar-refractivity contribution in [2.75, 3.05) is 6.54 Å². The lowest BCUT2D eigenvalue weighted by Crippen LogP contribution is -2.33. The zero-order valence-corrected chi connectivity index (χ0v) is 12.3. The number of Topliss-reactive ketones (excluding diaryl/α,β-unsaturated/α-hetero) is 1. The van der Waals surface area contributed by atoms with Gasteiger partial charge >= 0.3 is 0 Å². The Labute approximate surface area is 126 Å². The molecule has 1 N–H and O–H groups in total. The third-order valence-corrected chi connectivity index (χ3v) is 3.73. The highest BCUT2D eigenvalue weighted by molar-refractivity contribution is 6.30. The molecule has 1 aliphatic rings. The van der Waals surface area contributed by atoms with E-state index in [1.165, 1.54) is 4.68 Å². The van der Waals surface area contributed by atoms with Gasteiger partial charge in [-0.25, -0.2) is 4.68 Å². The molecule has 6 heteroatoms. The maximum absolute atomic E-state index is 12.2. The smallest absolute Gasteiger partial charge is 0.270 e. The number of hydrogen-bond donors (Lipinski definition) is 1. The highest BCUT2D eigenvalue weighted by Gasteiger charge is 2.29. The Bertz CT molecular complexity index is 737. The van der Waals surface area contributed by atoms with E-state index in [2.05, 4.69) is 10.4 Å². The first kappa shape index (κ1) is 13.8. The highest BCUT2D eigenvalue weighted by Crippen LogP contribution is 2.24. The molecular weight excluding hydrogens is 290 g/mol. The zero-order chi connectivity index (χ0) is 15.0. The van der Waals surface area contributed by atoms with Gasteiger partial charge in [0.05, 0.1) is 5.69 Å². The first-order valence-corrected chi connectivity index (χ1v) is 7.19. The molecule has 21 heavy (non-hydrogen) atoms. The van der Waals surface area contributed by atoms with E-state index in [0.717, 1.165) is 5.56 Å². The van der Waals surface area contributed by atoms with E-state index in [-0.39, 0.29) is 11.7 Å². The van der Waals surface area contributed by atoms with Crippen LogP contribution in [0.5, 0.6) is 0 Å². The second-order valence-corrected chi connectivity index (χ2v) is 5.29. The Hall–Kier alpha value is -2.14. The number of benzene rings is 1. The van der Waals surface area contributed by atoms with Crippen LogP contribution >= 0.6 is 11.6 Å². The fourth-order valence-corrected chi connectivity index (χ4v) is 2.68. The zero-order valence-electron chi connectivity index (χ0n) is 11.5. The largest absolute Gasteiger partial charge is 0.350 e. The van der Waals surface area contributed by atoms with Gasteiger partial charge in [-0.2, -0.15) is 5.10 Å². The van der Waals surface area contributed by atoms with Gasteiger partial charge in [0.15, 0.2) is 5.78 Å². The number of carbonyl (C=O) groups excluding carboxylic acids is 2. The number of halogens is 1. The van der Waals surface area contributed by atoms with Crippen molar-refractivity contribution in [3.63, 3.8) is 0 Å². The molecule has 1 aliphatic heterocycles. The van der Waals surface area contributed by atoms with Gasteiger partial charge in [0, 0.05) is 23.6 Å². The molecule has 5 nitrogen and oxygen atoms in total. The Morgan fingerprint density at radius 2 is 2.29 bits per heavy atom. The Morgan fingerprint density at radius 1 is 1.48 bits per heavy atom. The molecule has 1 aromatic carbocycles. The van der Waals surface area contributed by atoms with E-state index in [4.69, 9.17) is 11.6 Å². The van der Waals surface area contributed by atoms with Crippen molar-refractivity contribution in [2.24, 2.45) is 0 Å². The minimum atomic E-state index is -0.209. The SMILES string of the molecule is CCC(=O)c1nn(-c2cccc(Cl)c2)c2c1CCNC2=O. The van der Waals surface area contributed by atoms with E-state index < -0.39 is 0 Å². The highest BCUT2D eigenvalue weighted by atomic mass is 35.5. The van der Waals surface area contributed by atoms with Crippen LogP contribution in [0.25, 0.3) is 5.69 Å². The van der Waals surface area contributed by atoms with Crippen LogP contribution in [0.4, 0.5) is 0 Å².